The predicted octanol–water partition coefficient (Wildman–Crippen LogP) is 3.09. The molecule has 0 bridgehead atoms. The zero-order valence-corrected chi connectivity index (χ0v) is 10.1. The van der Waals surface area contributed by atoms with E-state index in [-0.39, 0.29) is 0 Å². The van der Waals surface area contributed by atoms with Crippen molar-refractivity contribution in [3.63, 3.8) is 0 Å². The quantitative estimate of drug-likeness (QED) is 0.526. The van der Waals surface area contributed by atoms with Crippen molar-refractivity contribution in [1.29, 1.82) is 0 Å². The molecule has 0 amide bonds. The van der Waals surface area contributed by atoms with E-state index < -0.39 is 8.03 Å². The van der Waals surface area contributed by atoms with E-state index in [2.05, 4.69) is 6.07 Å². The summed E-state index contributed by atoms with van der Waals surface area (Å²) in [6, 6.07) is 17.6. The predicted molar refractivity (Wildman–Crippen MR) is 72.3 cm³/mol. The molecule has 3 aromatic rings. The standard InChI is InChI=1S/C14H11O2P/c15-17(16)14-7-3-6-12-8-10-4-1-2-5-11(10)9-13(12)14/h1-9,17H,(H,15,16). The summed E-state index contributed by atoms with van der Waals surface area (Å²) < 4.78 is 11.3. The van der Waals surface area contributed by atoms with Crippen molar-refractivity contribution in [2.24, 2.45) is 0 Å². The van der Waals surface area contributed by atoms with Gasteiger partial charge in [-0.1, -0.05) is 36.4 Å². The van der Waals surface area contributed by atoms with E-state index in [1.165, 1.54) is 0 Å². The first kappa shape index (κ1) is 10.5. The molecule has 0 aliphatic heterocycles. The minimum absolute atomic E-state index is 0.540. The molecular formula is C14H11O2P. The van der Waals surface area contributed by atoms with Gasteiger partial charge >= 0.3 is 0 Å². The smallest absolute Gasteiger partial charge is 0.218 e. The third-order valence-corrected chi connectivity index (χ3v) is 3.87. The molecule has 0 radical (unpaired) electrons. The zero-order chi connectivity index (χ0) is 11.8. The highest BCUT2D eigenvalue weighted by molar-refractivity contribution is 7.48. The lowest BCUT2D eigenvalue weighted by molar-refractivity contribution is 0.513. The number of hydrogen-bond acceptors (Lipinski definition) is 1. The lowest BCUT2D eigenvalue weighted by atomic mass is 10.0. The summed E-state index contributed by atoms with van der Waals surface area (Å²) in [6.07, 6.45) is 0. The molecule has 1 unspecified atom stereocenters. The van der Waals surface area contributed by atoms with Crippen LogP contribution in [0.3, 0.4) is 0 Å². The molecule has 3 rings (SSSR count). The van der Waals surface area contributed by atoms with Gasteiger partial charge in [-0.25, -0.2) is 0 Å². The summed E-state index contributed by atoms with van der Waals surface area (Å²) in [6.45, 7) is 0. The fraction of sp³-hybridized carbons (Fsp3) is 0. The monoisotopic (exact) mass is 242 g/mol. The molecule has 3 heteroatoms. The Labute approximate surface area is 99.4 Å². The second-order valence-electron chi connectivity index (χ2n) is 4.03. The van der Waals surface area contributed by atoms with Crippen molar-refractivity contribution in [2.45, 2.75) is 0 Å². The highest BCUT2D eigenvalue weighted by Gasteiger charge is 2.06. The van der Waals surface area contributed by atoms with Crippen LogP contribution in [0.15, 0.2) is 54.6 Å². The number of fused-ring (bicyclic) bond motifs is 2. The Morgan fingerprint density at radius 2 is 1.47 bits per heavy atom. The molecule has 0 fully saturated rings. The summed E-state index contributed by atoms with van der Waals surface area (Å²) in [7, 11) is -2.66. The van der Waals surface area contributed by atoms with Crippen molar-refractivity contribution in [2.75, 3.05) is 0 Å². The van der Waals surface area contributed by atoms with E-state index in [1.807, 2.05) is 42.5 Å². The van der Waals surface area contributed by atoms with Crippen LogP contribution in [-0.4, -0.2) is 4.89 Å². The van der Waals surface area contributed by atoms with Crippen LogP contribution in [0.25, 0.3) is 21.5 Å². The molecule has 2 nitrogen and oxygen atoms in total. The molecule has 0 saturated heterocycles. The maximum Gasteiger partial charge on any atom is 0.218 e. The van der Waals surface area contributed by atoms with Gasteiger partial charge in [-0.3, -0.25) is 4.57 Å². The third kappa shape index (κ3) is 1.76. The van der Waals surface area contributed by atoms with Crippen molar-refractivity contribution in [1.82, 2.24) is 0 Å². The van der Waals surface area contributed by atoms with Crippen LogP contribution in [-0.2, 0) is 4.57 Å². The van der Waals surface area contributed by atoms with Crippen LogP contribution in [0.1, 0.15) is 0 Å². The fourth-order valence-electron chi connectivity index (χ4n) is 2.15. The number of hydrogen-bond donors (Lipinski definition) is 1. The Bertz CT molecular complexity index is 734. The lowest BCUT2D eigenvalue weighted by Crippen LogP contribution is -1.97. The van der Waals surface area contributed by atoms with E-state index in [9.17, 15) is 9.46 Å². The van der Waals surface area contributed by atoms with E-state index >= 15 is 0 Å². The summed E-state index contributed by atoms with van der Waals surface area (Å²) in [4.78, 5) is 9.34. The van der Waals surface area contributed by atoms with Crippen molar-refractivity contribution < 1.29 is 9.46 Å². The van der Waals surface area contributed by atoms with E-state index in [0.29, 0.717) is 5.30 Å². The summed E-state index contributed by atoms with van der Waals surface area (Å²) in [5.74, 6) is 0. The first-order chi connectivity index (χ1) is 8.25. The minimum atomic E-state index is -2.66. The van der Waals surface area contributed by atoms with Crippen molar-refractivity contribution in [3.8, 4) is 0 Å². The van der Waals surface area contributed by atoms with Gasteiger partial charge in [0.15, 0.2) is 0 Å². The first-order valence-electron chi connectivity index (χ1n) is 5.40. The van der Waals surface area contributed by atoms with Crippen molar-refractivity contribution >= 4 is 34.9 Å². The first-order valence-corrected chi connectivity index (χ1v) is 6.76. The largest absolute Gasteiger partial charge is 0.343 e. The lowest BCUT2D eigenvalue weighted by Gasteiger charge is -2.05. The van der Waals surface area contributed by atoms with Crippen LogP contribution in [0.4, 0.5) is 0 Å². The molecular weight excluding hydrogens is 231 g/mol. The Morgan fingerprint density at radius 1 is 0.824 bits per heavy atom. The minimum Gasteiger partial charge on any atom is -0.343 e. The summed E-state index contributed by atoms with van der Waals surface area (Å²) in [5.41, 5.74) is 0. The molecule has 84 valence electrons. The molecule has 0 saturated carbocycles. The van der Waals surface area contributed by atoms with Crippen LogP contribution in [0, 0.1) is 0 Å². The number of benzene rings is 3. The summed E-state index contributed by atoms with van der Waals surface area (Å²) in [5, 5.41) is 4.66. The van der Waals surface area contributed by atoms with Crippen LogP contribution in [0.2, 0.25) is 0 Å². The van der Waals surface area contributed by atoms with E-state index in [0.717, 1.165) is 21.5 Å². The van der Waals surface area contributed by atoms with Gasteiger partial charge in [-0.15, -0.1) is 0 Å². The van der Waals surface area contributed by atoms with Gasteiger partial charge in [-0.05, 0) is 39.7 Å². The SMILES string of the molecule is O=[PH](O)c1cccc2cc3ccccc3cc12. The van der Waals surface area contributed by atoms with Gasteiger partial charge in [-0.2, -0.15) is 0 Å². The van der Waals surface area contributed by atoms with Gasteiger partial charge < -0.3 is 4.89 Å². The van der Waals surface area contributed by atoms with E-state index in [1.54, 1.807) is 6.07 Å². The Hall–Kier alpha value is -1.63. The van der Waals surface area contributed by atoms with Gasteiger partial charge in [0.25, 0.3) is 0 Å². The second-order valence-corrected chi connectivity index (χ2v) is 5.18. The topological polar surface area (TPSA) is 37.3 Å². The van der Waals surface area contributed by atoms with Crippen LogP contribution in [0.5, 0.6) is 0 Å². The second kappa shape index (κ2) is 3.99. The normalized spacial score (nSPS) is 13.0. The molecule has 0 aliphatic rings. The van der Waals surface area contributed by atoms with Gasteiger partial charge in [0.2, 0.25) is 8.03 Å². The Balaban J connectivity index is 2.47. The van der Waals surface area contributed by atoms with Gasteiger partial charge in [0.1, 0.15) is 0 Å². The van der Waals surface area contributed by atoms with Crippen LogP contribution >= 0.6 is 8.03 Å². The highest BCUT2D eigenvalue weighted by Crippen LogP contribution is 2.26. The average Bonchev–Trinajstić information content (AvgIpc) is 2.35. The molecule has 1 atom stereocenters. The molecule has 0 aromatic heterocycles. The van der Waals surface area contributed by atoms with Gasteiger partial charge in [0.05, 0.1) is 0 Å². The maximum atomic E-state index is 11.3. The molecule has 0 heterocycles. The molecule has 1 N–H and O–H groups in total. The molecule has 0 aliphatic carbocycles. The Morgan fingerprint density at radius 3 is 2.18 bits per heavy atom. The molecule has 3 aromatic carbocycles. The van der Waals surface area contributed by atoms with E-state index in [4.69, 9.17) is 0 Å². The van der Waals surface area contributed by atoms with Crippen molar-refractivity contribution in [3.05, 3.63) is 54.6 Å². The molecule has 17 heavy (non-hydrogen) atoms. The Kier molecular flexibility index (Phi) is 2.47. The average molecular weight is 242 g/mol. The fourth-order valence-corrected chi connectivity index (χ4v) is 2.84. The third-order valence-electron chi connectivity index (χ3n) is 2.98. The number of rotatable bonds is 1. The van der Waals surface area contributed by atoms with Gasteiger partial charge in [0, 0.05) is 5.30 Å². The van der Waals surface area contributed by atoms with Crippen LogP contribution < -0.4 is 5.30 Å². The molecule has 0 spiro atoms. The summed E-state index contributed by atoms with van der Waals surface area (Å²) >= 11 is 0. The maximum absolute atomic E-state index is 11.3. The highest BCUT2D eigenvalue weighted by atomic mass is 31.1. The zero-order valence-electron chi connectivity index (χ0n) is 9.05.